The zero-order chi connectivity index (χ0) is 21.4. The third-order valence-electron chi connectivity index (χ3n) is 6.48. The van der Waals surface area contributed by atoms with Crippen molar-refractivity contribution in [2.24, 2.45) is 0 Å². The Labute approximate surface area is 188 Å². The molecular weight excluding hydrogens is 410 g/mol. The molecular formula is C24H27N3O3S. The summed E-state index contributed by atoms with van der Waals surface area (Å²) < 4.78 is 11.4. The summed E-state index contributed by atoms with van der Waals surface area (Å²) in [6, 6.07) is 16.4. The van der Waals surface area contributed by atoms with E-state index in [4.69, 9.17) is 21.7 Å². The van der Waals surface area contributed by atoms with Crippen molar-refractivity contribution in [1.82, 2.24) is 9.80 Å². The van der Waals surface area contributed by atoms with Gasteiger partial charge in [0.1, 0.15) is 11.9 Å². The maximum Gasteiger partial charge on any atom is 0.411 e. The number of anilines is 1. The van der Waals surface area contributed by atoms with Gasteiger partial charge < -0.3 is 19.7 Å². The Morgan fingerprint density at radius 3 is 2.71 bits per heavy atom. The molecule has 0 saturated carbocycles. The standard InChI is InChI=1S/C24H27N3O3S/c1-2-29-20-10-6-5-9-19(20)25-23(31)26-13-11-17(12-14-26)27-22-18-8-4-3-7-16(18)15-21(22)30-24(27)28/h3-10,17,21-22H,2,11-15H2,1H3,(H,25,31). The Balaban J connectivity index is 1.24. The average Bonchev–Trinajstić information content (AvgIpc) is 3.29. The molecule has 2 unspecified atom stereocenters. The minimum atomic E-state index is -0.172. The van der Waals surface area contributed by atoms with Gasteiger partial charge in [-0.1, -0.05) is 36.4 Å². The van der Waals surface area contributed by atoms with E-state index in [1.807, 2.05) is 36.1 Å². The normalized spacial score (nSPS) is 22.7. The molecule has 2 aromatic carbocycles. The molecule has 3 aliphatic rings. The van der Waals surface area contributed by atoms with Crippen molar-refractivity contribution in [2.45, 2.75) is 44.4 Å². The Kier molecular flexibility index (Phi) is 5.44. The first-order valence-electron chi connectivity index (χ1n) is 11.0. The van der Waals surface area contributed by atoms with Crippen molar-refractivity contribution in [3.63, 3.8) is 0 Å². The molecule has 0 bridgehead atoms. The lowest BCUT2D eigenvalue weighted by atomic mass is 9.99. The van der Waals surface area contributed by atoms with E-state index in [1.54, 1.807) is 0 Å². The van der Waals surface area contributed by atoms with Gasteiger partial charge in [0.15, 0.2) is 5.11 Å². The molecule has 2 fully saturated rings. The number of piperidine rings is 1. The van der Waals surface area contributed by atoms with Crippen molar-refractivity contribution in [2.75, 3.05) is 25.0 Å². The second kappa shape index (κ2) is 8.38. The number of fused-ring (bicyclic) bond motifs is 3. The SMILES string of the molecule is CCOc1ccccc1NC(=S)N1CCC(N2C(=O)OC3Cc4ccccc4C32)CC1. The predicted octanol–water partition coefficient (Wildman–Crippen LogP) is 4.36. The van der Waals surface area contributed by atoms with E-state index in [0.29, 0.717) is 11.7 Å². The van der Waals surface area contributed by atoms with Crippen LogP contribution in [-0.2, 0) is 11.2 Å². The van der Waals surface area contributed by atoms with Crippen molar-refractivity contribution in [3.8, 4) is 5.75 Å². The van der Waals surface area contributed by atoms with Crippen LogP contribution in [0.3, 0.4) is 0 Å². The summed E-state index contributed by atoms with van der Waals surface area (Å²) in [6.45, 7) is 4.18. The molecule has 6 nitrogen and oxygen atoms in total. The number of likely N-dealkylation sites (tertiary alicyclic amines) is 1. The van der Waals surface area contributed by atoms with Gasteiger partial charge in [-0.3, -0.25) is 4.90 Å². The Morgan fingerprint density at radius 1 is 1.16 bits per heavy atom. The second-order valence-corrected chi connectivity index (χ2v) is 8.64. The third kappa shape index (κ3) is 3.71. The van der Waals surface area contributed by atoms with Crippen LogP contribution in [0.25, 0.3) is 0 Å². The van der Waals surface area contributed by atoms with Gasteiger partial charge in [0.25, 0.3) is 0 Å². The van der Waals surface area contributed by atoms with Crippen LogP contribution in [0.5, 0.6) is 5.75 Å². The molecule has 2 aromatic rings. The summed E-state index contributed by atoms with van der Waals surface area (Å²) in [4.78, 5) is 16.9. The van der Waals surface area contributed by atoms with Crippen LogP contribution < -0.4 is 10.1 Å². The number of ether oxygens (including phenoxy) is 2. The number of carbonyl (C=O) groups is 1. The van der Waals surface area contributed by atoms with E-state index < -0.39 is 0 Å². The zero-order valence-corrected chi connectivity index (χ0v) is 18.4. The number of hydrogen-bond acceptors (Lipinski definition) is 4. The molecule has 0 spiro atoms. The van der Waals surface area contributed by atoms with Crippen LogP contribution in [0.2, 0.25) is 0 Å². The summed E-state index contributed by atoms with van der Waals surface area (Å²) in [5, 5.41) is 4.03. The lowest BCUT2D eigenvalue weighted by molar-refractivity contribution is 0.118. The van der Waals surface area contributed by atoms with Crippen LogP contribution in [0.1, 0.15) is 36.9 Å². The van der Waals surface area contributed by atoms with Crippen LogP contribution in [0, 0.1) is 0 Å². The van der Waals surface area contributed by atoms with E-state index in [1.165, 1.54) is 11.1 Å². The molecule has 1 aliphatic carbocycles. The van der Waals surface area contributed by atoms with E-state index >= 15 is 0 Å². The van der Waals surface area contributed by atoms with E-state index in [-0.39, 0.29) is 24.3 Å². The van der Waals surface area contributed by atoms with E-state index in [9.17, 15) is 4.79 Å². The van der Waals surface area contributed by atoms with Gasteiger partial charge in [0.2, 0.25) is 0 Å². The Morgan fingerprint density at radius 2 is 1.90 bits per heavy atom. The van der Waals surface area contributed by atoms with Crippen molar-refractivity contribution in [1.29, 1.82) is 0 Å². The highest BCUT2D eigenvalue weighted by Gasteiger charge is 2.50. The first kappa shape index (κ1) is 20.1. The first-order chi connectivity index (χ1) is 15.2. The first-order valence-corrected chi connectivity index (χ1v) is 11.4. The van der Waals surface area contributed by atoms with Gasteiger partial charge in [-0.25, -0.2) is 4.79 Å². The average molecular weight is 438 g/mol. The lowest BCUT2D eigenvalue weighted by Crippen LogP contribution is -2.48. The number of hydrogen-bond donors (Lipinski definition) is 1. The summed E-state index contributed by atoms with van der Waals surface area (Å²) >= 11 is 5.68. The third-order valence-corrected chi connectivity index (χ3v) is 6.84. The van der Waals surface area contributed by atoms with Crippen LogP contribution in [-0.4, -0.2) is 52.8 Å². The highest BCUT2D eigenvalue weighted by molar-refractivity contribution is 7.80. The molecule has 31 heavy (non-hydrogen) atoms. The summed E-state index contributed by atoms with van der Waals surface area (Å²) in [5.74, 6) is 0.799. The molecule has 162 valence electrons. The molecule has 0 aromatic heterocycles. The summed E-state index contributed by atoms with van der Waals surface area (Å²) in [5.41, 5.74) is 3.42. The fourth-order valence-electron chi connectivity index (χ4n) is 5.05. The largest absolute Gasteiger partial charge is 0.492 e. The number of thiocarbonyl (C=S) groups is 1. The summed E-state index contributed by atoms with van der Waals surface area (Å²) in [7, 11) is 0. The molecule has 2 heterocycles. The number of benzene rings is 2. The quantitative estimate of drug-likeness (QED) is 0.717. The predicted molar refractivity (Wildman–Crippen MR) is 123 cm³/mol. The number of amides is 1. The van der Waals surface area contributed by atoms with Crippen molar-refractivity contribution in [3.05, 3.63) is 59.7 Å². The molecule has 2 saturated heterocycles. The molecule has 1 amide bonds. The van der Waals surface area contributed by atoms with Gasteiger partial charge in [0.05, 0.1) is 18.3 Å². The van der Waals surface area contributed by atoms with Gasteiger partial charge in [-0.15, -0.1) is 0 Å². The van der Waals surface area contributed by atoms with Gasteiger partial charge in [0, 0.05) is 25.6 Å². The molecule has 5 rings (SSSR count). The smallest absolute Gasteiger partial charge is 0.411 e. The van der Waals surface area contributed by atoms with Crippen LogP contribution in [0.4, 0.5) is 10.5 Å². The number of nitrogens with one attached hydrogen (secondary N) is 1. The molecule has 7 heteroatoms. The molecule has 2 aliphatic heterocycles. The monoisotopic (exact) mass is 437 g/mol. The molecule has 0 radical (unpaired) electrons. The second-order valence-electron chi connectivity index (χ2n) is 8.25. The minimum absolute atomic E-state index is 0.0448. The van der Waals surface area contributed by atoms with Gasteiger partial charge in [-0.2, -0.15) is 0 Å². The summed E-state index contributed by atoms with van der Waals surface area (Å²) in [6.07, 6.45) is 2.33. The maximum absolute atomic E-state index is 12.7. The highest BCUT2D eigenvalue weighted by Crippen LogP contribution is 2.44. The van der Waals surface area contributed by atoms with E-state index in [0.717, 1.165) is 43.8 Å². The fourth-order valence-corrected chi connectivity index (χ4v) is 5.34. The molecule has 2 atom stereocenters. The van der Waals surface area contributed by atoms with Crippen molar-refractivity contribution >= 4 is 29.1 Å². The fraction of sp³-hybridized carbons (Fsp3) is 0.417. The number of para-hydroxylation sites is 2. The van der Waals surface area contributed by atoms with E-state index in [2.05, 4.69) is 34.5 Å². The Bertz CT molecular complexity index is 990. The zero-order valence-electron chi connectivity index (χ0n) is 17.6. The topological polar surface area (TPSA) is 54.0 Å². The minimum Gasteiger partial charge on any atom is -0.492 e. The Hall–Kier alpha value is -2.80. The number of nitrogens with zero attached hydrogens (tertiary/aromatic N) is 2. The van der Waals surface area contributed by atoms with Gasteiger partial charge >= 0.3 is 6.09 Å². The number of rotatable bonds is 4. The number of carbonyl (C=O) groups excluding carboxylic acids is 1. The highest BCUT2D eigenvalue weighted by atomic mass is 32.1. The van der Waals surface area contributed by atoms with Crippen LogP contribution >= 0.6 is 12.2 Å². The molecule has 1 N–H and O–H groups in total. The van der Waals surface area contributed by atoms with Crippen molar-refractivity contribution < 1.29 is 14.3 Å². The maximum atomic E-state index is 12.7. The van der Waals surface area contributed by atoms with Crippen LogP contribution in [0.15, 0.2) is 48.5 Å². The lowest BCUT2D eigenvalue weighted by Gasteiger charge is -2.39. The van der Waals surface area contributed by atoms with Gasteiger partial charge in [-0.05, 0) is 55.2 Å².